The summed E-state index contributed by atoms with van der Waals surface area (Å²) >= 11 is 3.24. The van der Waals surface area contributed by atoms with Crippen LogP contribution in [0.1, 0.15) is 15.9 Å². The minimum atomic E-state index is -0.985. The fourth-order valence-electron chi connectivity index (χ4n) is 1.72. The number of phenolic OH excluding ortho intramolecular Hbond substituents is 1. The summed E-state index contributed by atoms with van der Waals surface area (Å²) in [6, 6.07) is 12.0. The van der Waals surface area contributed by atoms with Gasteiger partial charge < -0.3 is 15.5 Å². The Labute approximate surface area is 118 Å². The van der Waals surface area contributed by atoms with Crippen LogP contribution in [0.4, 0.5) is 5.69 Å². The minimum Gasteiger partial charge on any atom is -0.506 e. The molecule has 0 heterocycles. The number of rotatable bonds is 4. The van der Waals surface area contributed by atoms with Gasteiger partial charge in [-0.2, -0.15) is 0 Å². The highest BCUT2D eigenvalue weighted by Gasteiger charge is 2.10. The van der Waals surface area contributed by atoms with E-state index in [1.165, 1.54) is 6.07 Å². The zero-order valence-corrected chi connectivity index (χ0v) is 11.5. The first-order valence-electron chi connectivity index (χ1n) is 5.62. The third-order valence-corrected chi connectivity index (χ3v) is 3.34. The van der Waals surface area contributed by atoms with Crippen molar-refractivity contribution in [1.82, 2.24) is 0 Å². The predicted octanol–water partition coefficient (Wildman–Crippen LogP) is 3.47. The van der Waals surface area contributed by atoms with Gasteiger partial charge in [0, 0.05) is 17.8 Å². The molecular formula is C14H12BrNO3. The number of hydrogen-bond donors (Lipinski definition) is 3. The highest BCUT2D eigenvalue weighted by molar-refractivity contribution is 9.10. The van der Waals surface area contributed by atoms with E-state index >= 15 is 0 Å². The van der Waals surface area contributed by atoms with Crippen LogP contribution in [0, 0.1) is 0 Å². The molecule has 0 amide bonds. The van der Waals surface area contributed by atoms with Crippen molar-refractivity contribution in [2.24, 2.45) is 0 Å². The van der Waals surface area contributed by atoms with Gasteiger partial charge in [0.1, 0.15) is 5.75 Å². The van der Waals surface area contributed by atoms with Crippen LogP contribution in [0.15, 0.2) is 46.9 Å². The standard InChI is InChI=1S/C14H12BrNO3/c15-11-6-3-4-9(13(11)17)8-16-12-7-2-1-5-10(12)14(18)19/h1-7,16-17H,8H2,(H,18,19). The van der Waals surface area contributed by atoms with E-state index in [4.69, 9.17) is 5.11 Å². The maximum Gasteiger partial charge on any atom is 0.337 e. The van der Waals surface area contributed by atoms with Gasteiger partial charge in [-0.3, -0.25) is 0 Å². The molecule has 0 saturated heterocycles. The van der Waals surface area contributed by atoms with Gasteiger partial charge in [-0.05, 0) is 34.1 Å². The molecule has 2 aromatic carbocycles. The third-order valence-electron chi connectivity index (χ3n) is 2.70. The Hall–Kier alpha value is -2.01. The largest absolute Gasteiger partial charge is 0.506 e. The number of carbonyl (C=O) groups is 1. The van der Waals surface area contributed by atoms with Crippen LogP contribution in [0.3, 0.4) is 0 Å². The Morgan fingerprint density at radius 3 is 2.63 bits per heavy atom. The summed E-state index contributed by atoms with van der Waals surface area (Å²) in [5.74, 6) is -0.829. The number of anilines is 1. The van der Waals surface area contributed by atoms with Gasteiger partial charge in [0.05, 0.1) is 10.0 Å². The number of carboxylic acids is 1. The Bertz CT molecular complexity index is 613. The number of aromatic hydroxyl groups is 1. The Balaban J connectivity index is 2.19. The molecule has 19 heavy (non-hydrogen) atoms. The van der Waals surface area contributed by atoms with Crippen molar-refractivity contribution in [3.8, 4) is 5.75 Å². The Kier molecular flexibility index (Phi) is 4.06. The lowest BCUT2D eigenvalue weighted by Gasteiger charge is -2.11. The molecule has 0 radical (unpaired) electrons. The molecule has 0 bridgehead atoms. The van der Waals surface area contributed by atoms with Gasteiger partial charge in [-0.15, -0.1) is 0 Å². The maximum absolute atomic E-state index is 11.1. The van der Waals surface area contributed by atoms with Crippen LogP contribution in [0.2, 0.25) is 0 Å². The molecule has 0 aliphatic rings. The van der Waals surface area contributed by atoms with E-state index in [1.807, 2.05) is 6.07 Å². The first-order chi connectivity index (χ1) is 9.09. The first kappa shape index (κ1) is 13.4. The average molecular weight is 322 g/mol. The van der Waals surface area contributed by atoms with Gasteiger partial charge >= 0.3 is 5.97 Å². The number of nitrogens with one attached hydrogen (secondary N) is 1. The number of para-hydroxylation sites is 2. The van der Waals surface area contributed by atoms with E-state index in [9.17, 15) is 9.90 Å². The van der Waals surface area contributed by atoms with E-state index in [2.05, 4.69) is 21.2 Å². The van der Waals surface area contributed by atoms with Crippen molar-refractivity contribution in [2.45, 2.75) is 6.54 Å². The number of hydrogen-bond acceptors (Lipinski definition) is 3. The zero-order chi connectivity index (χ0) is 13.8. The van der Waals surface area contributed by atoms with Gasteiger partial charge in [0.15, 0.2) is 0 Å². The highest BCUT2D eigenvalue weighted by Crippen LogP contribution is 2.28. The summed E-state index contributed by atoms with van der Waals surface area (Å²) in [4.78, 5) is 11.1. The van der Waals surface area contributed by atoms with E-state index < -0.39 is 5.97 Å². The topological polar surface area (TPSA) is 69.6 Å². The summed E-state index contributed by atoms with van der Waals surface area (Å²) in [7, 11) is 0. The lowest BCUT2D eigenvalue weighted by atomic mass is 10.1. The fraction of sp³-hybridized carbons (Fsp3) is 0.0714. The monoisotopic (exact) mass is 321 g/mol. The quantitative estimate of drug-likeness (QED) is 0.806. The van der Waals surface area contributed by atoms with Gasteiger partial charge in [0.25, 0.3) is 0 Å². The Morgan fingerprint density at radius 1 is 1.16 bits per heavy atom. The maximum atomic E-state index is 11.1. The molecule has 0 atom stereocenters. The number of phenols is 1. The van der Waals surface area contributed by atoms with E-state index in [1.54, 1.807) is 30.3 Å². The minimum absolute atomic E-state index is 0.155. The van der Waals surface area contributed by atoms with Crippen LogP contribution >= 0.6 is 15.9 Å². The normalized spacial score (nSPS) is 10.2. The number of carboxylic acid groups (broad SMARTS) is 1. The summed E-state index contributed by atoms with van der Waals surface area (Å²) in [5.41, 5.74) is 1.42. The fourth-order valence-corrected chi connectivity index (χ4v) is 2.12. The molecule has 0 saturated carbocycles. The number of aromatic carboxylic acids is 1. The van der Waals surface area contributed by atoms with Crippen LogP contribution < -0.4 is 5.32 Å². The molecule has 5 heteroatoms. The van der Waals surface area contributed by atoms with Crippen molar-refractivity contribution in [3.05, 3.63) is 58.1 Å². The smallest absolute Gasteiger partial charge is 0.337 e. The van der Waals surface area contributed by atoms with Crippen LogP contribution in [-0.2, 0) is 6.54 Å². The van der Waals surface area contributed by atoms with Crippen LogP contribution in [0.25, 0.3) is 0 Å². The summed E-state index contributed by atoms with van der Waals surface area (Å²) < 4.78 is 0.610. The highest BCUT2D eigenvalue weighted by atomic mass is 79.9. The van der Waals surface area contributed by atoms with Crippen molar-refractivity contribution >= 4 is 27.6 Å². The molecule has 0 fully saturated rings. The first-order valence-corrected chi connectivity index (χ1v) is 6.41. The second-order valence-corrected chi connectivity index (χ2v) is 4.81. The lowest BCUT2D eigenvalue weighted by Crippen LogP contribution is -2.06. The lowest BCUT2D eigenvalue weighted by molar-refractivity contribution is 0.0698. The molecule has 0 aliphatic carbocycles. The van der Waals surface area contributed by atoms with E-state index in [0.717, 1.165) is 0 Å². The Morgan fingerprint density at radius 2 is 1.89 bits per heavy atom. The van der Waals surface area contributed by atoms with Gasteiger partial charge in [0.2, 0.25) is 0 Å². The predicted molar refractivity (Wildman–Crippen MR) is 76.5 cm³/mol. The SMILES string of the molecule is O=C(O)c1ccccc1NCc1cccc(Br)c1O. The second-order valence-electron chi connectivity index (χ2n) is 3.95. The molecule has 3 N–H and O–H groups in total. The summed E-state index contributed by atoms with van der Waals surface area (Å²) in [5, 5.41) is 21.9. The summed E-state index contributed by atoms with van der Waals surface area (Å²) in [6.07, 6.45) is 0. The van der Waals surface area contributed by atoms with Crippen LogP contribution in [0.5, 0.6) is 5.75 Å². The average Bonchev–Trinajstić information content (AvgIpc) is 2.40. The van der Waals surface area contributed by atoms with E-state index in [-0.39, 0.29) is 11.3 Å². The molecule has 98 valence electrons. The molecule has 0 aromatic heterocycles. The van der Waals surface area contributed by atoms with Crippen molar-refractivity contribution < 1.29 is 15.0 Å². The van der Waals surface area contributed by atoms with Crippen molar-refractivity contribution in [3.63, 3.8) is 0 Å². The van der Waals surface area contributed by atoms with Crippen molar-refractivity contribution in [2.75, 3.05) is 5.32 Å². The van der Waals surface area contributed by atoms with Gasteiger partial charge in [-0.1, -0.05) is 24.3 Å². The number of halogens is 1. The molecular weight excluding hydrogens is 310 g/mol. The van der Waals surface area contributed by atoms with E-state index in [0.29, 0.717) is 22.3 Å². The van der Waals surface area contributed by atoms with Crippen molar-refractivity contribution in [1.29, 1.82) is 0 Å². The summed E-state index contributed by atoms with van der Waals surface area (Å²) in [6.45, 7) is 0.343. The molecule has 0 aliphatic heterocycles. The zero-order valence-electron chi connectivity index (χ0n) is 9.93. The molecule has 0 unspecified atom stereocenters. The van der Waals surface area contributed by atoms with Crippen LogP contribution in [-0.4, -0.2) is 16.2 Å². The third kappa shape index (κ3) is 3.06. The molecule has 0 spiro atoms. The van der Waals surface area contributed by atoms with Gasteiger partial charge in [-0.25, -0.2) is 4.79 Å². The molecule has 4 nitrogen and oxygen atoms in total. The molecule has 2 rings (SSSR count). The second kappa shape index (κ2) is 5.75. The molecule has 2 aromatic rings. The number of benzene rings is 2.